The van der Waals surface area contributed by atoms with Gasteiger partial charge in [0, 0.05) is 5.69 Å². The summed E-state index contributed by atoms with van der Waals surface area (Å²) in [6.07, 6.45) is 0. The van der Waals surface area contributed by atoms with Crippen LogP contribution in [0.4, 0.5) is 5.69 Å². The van der Waals surface area contributed by atoms with E-state index in [2.05, 4.69) is 5.32 Å². The molecule has 0 aromatic heterocycles. The molecular weight excluding hydrogens is 334 g/mol. The largest absolute Gasteiger partial charge is 0.362 e. The van der Waals surface area contributed by atoms with Gasteiger partial charge in [-0.05, 0) is 36.2 Å². The highest BCUT2D eigenvalue weighted by atomic mass is 35.5. The van der Waals surface area contributed by atoms with Gasteiger partial charge in [-0.3, -0.25) is 10.1 Å². The Hall–Kier alpha value is -0.940. The number of hydrogen-bond donors (Lipinski definition) is 1. The Balaban J connectivity index is 3.25. The third-order valence-corrected chi connectivity index (χ3v) is 3.32. The molecule has 0 heterocycles. The van der Waals surface area contributed by atoms with Gasteiger partial charge in [0.25, 0.3) is 0 Å². The molecule has 1 rings (SSSR count). The third kappa shape index (κ3) is 4.58. The molecule has 19 heavy (non-hydrogen) atoms. The Labute approximate surface area is 129 Å². The van der Waals surface area contributed by atoms with E-state index in [0.29, 0.717) is 5.69 Å². The highest BCUT2D eigenvalue weighted by Crippen LogP contribution is 2.30. The van der Waals surface area contributed by atoms with Gasteiger partial charge in [0.2, 0.25) is 0 Å². The minimum Gasteiger partial charge on any atom is -0.348 e. The van der Waals surface area contributed by atoms with Crippen LogP contribution < -0.4 is 5.32 Å². The molecule has 102 valence electrons. The van der Waals surface area contributed by atoms with Crippen molar-refractivity contribution in [1.29, 1.82) is 0 Å². The monoisotopic (exact) mass is 340 g/mol. The molecule has 0 unspecified atom stereocenters. The SMILES string of the molecule is Cc1cccc(NC(C(Cl)=C(Cl)Cl)=C(Cl)[N+](=O)[O-])c1. The number of nitrogens with zero attached hydrogens (tertiary/aromatic N) is 1. The van der Waals surface area contributed by atoms with Gasteiger partial charge in [0.15, 0.2) is 5.70 Å². The zero-order valence-electron chi connectivity index (χ0n) is 9.58. The summed E-state index contributed by atoms with van der Waals surface area (Å²) in [5.41, 5.74) is 1.36. The van der Waals surface area contributed by atoms with E-state index in [1.807, 2.05) is 13.0 Å². The van der Waals surface area contributed by atoms with Crippen LogP contribution in [0.25, 0.3) is 0 Å². The summed E-state index contributed by atoms with van der Waals surface area (Å²) in [6, 6.07) is 7.10. The molecule has 0 saturated carbocycles. The van der Waals surface area contributed by atoms with Crippen molar-refractivity contribution in [2.45, 2.75) is 6.92 Å². The van der Waals surface area contributed by atoms with Crippen LogP contribution >= 0.6 is 46.4 Å². The minimum atomic E-state index is -0.793. The predicted octanol–water partition coefficient (Wildman–Crippen LogP) is 4.98. The Morgan fingerprint density at radius 2 is 1.89 bits per heavy atom. The standard InChI is InChI=1S/C11H8Cl4N2O2/c1-6-3-2-4-7(5-6)16-9(8(12)10(13)14)11(15)17(18)19/h2-5,16H,1H3. The second-order valence-corrected chi connectivity index (χ2v) is 5.18. The van der Waals surface area contributed by atoms with Gasteiger partial charge in [0.1, 0.15) is 9.52 Å². The molecule has 0 radical (unpaired) electrons. The van der Waals surface area contributed by atoms with Crippen LogP contribution in [0.3, 0.4) is 0 Å². The maximum atomic E-state index is 10.7. The van der Waals surface area contributed by atoms with E-state index in [-0.39, 0.29) is 15.2 Å². The van der Waals surface area contributed by atoms with E-state index in [0.717, 1.165) is 5.56 Å². The fraction of sp³-hybridized carbons (Fsp3) is 0.0909. The number of benzene rings is 1. The fourth-order valence-electron chi connectivity index (χ4n) is 1.25. The van der Waals surface area contributed by atoms with Gasteiger partial charge in [-0.1, -0.05) is 46.9 Å². The lowest BCUT2D eigenvalue weighted by atomic mass is 10.2. The zero-order valence-corrected chi connectivity index (χ0v) is 12.6. The topological polar surface area (TPSA) is 55.2 Å². The lowest BCUT2D eigenvalue weighted by molar-refractivity contribution is -0.413. The summed E-state index contributed by atoms with van der Waals surface area (Å²) >= 11 is 22.5. The van der Waals surface area contributed by atoms with Crippen LogP contribution in [0.5, 0.6) is 0 Å². The number of halogens is 4. The number of anilines is 1. The summed E-state index contributed by atoms with van der Waals surface area (Å²) in [7, 11) is 0. The van der Waals surface area contributed by atoms with Gasteiger partial charge >= 0.3 is 5.16 Å². The molecule has 0 amide bonds. The lowest BCUT2D eigenvalue weighted by Gasteiger charge is -2.10. The zero-order chi connectivity index (χ0) is 14.6. The van der Waals surface area contributed by atoms with Crippen molar-refractivity contribution in [3.63, 3.8) is 0 Å². The molecule has 0 aliphatic heterocycles. The third-order valence-electron chi connectivity index (χ3n) is 2.04. The molecule has 0 spiro atoms. The smallest absolute Gasteiger partial charge is 0.348 e. The van der Waals surface area contributed by atoms with Crippen LogP contribution in [0.1, 0.15) is 5.56 Å². The maximum Gasteiger partial charge on any atom is 0.362 e. The summed E-state index contributed by atoms with van der Waals surface area (Å²) in [5, 5.41) is 12.5. The Kier molecular flexibility index (Phi) is 5.94. The van der Waals surface area contributed by atoms with E-state index in [4.69, 9.17) is 46.4 Å². The van der Waals surface area contributed by atoms with E-state index >= 15 is 0 Å². The number of nitro groups is 1. The highest BCUT2D eigenvalue weighted by Gasteiger charge is 2.21. The summed E-state index contributed by atoms with van der Waals surface area (Å²) in [5.74, 6) is 0. The average Bonchev–Trinajstić information content (AvgIpc) is 2.34. The predicted molar refractivity (Wildman–Crippen MR) is 79.3 cm³/mol. The first-order valence-electron chi connectivity index (χ1n) is 4.92. The molecule has 1 aromatic carbocycles. The Morgan fingerprint density at radius 3 is 2.37 bits per heavy atom. The molecule has 1 aromatic rings. The first-order chi connectivity index (χ1) is 8.82. The molecular formula is C11H8Cl4N2O2. The fourth-order valence-corrected chi connectivity index (χ4v) is 1.77. The number of allylic oxidation sites excluding steroid dienone is 1. The van der Waals surface area contributed by atoms with E-state index in [1.165, 1.54) is 0 Å². The molecule has 0 fully saturated rings. The van der Waals surface area contributed by atoms with Crippen molar-refractivity contribution in [3.8, 4) is 0 Å². The molecule has 4 nitrogen and oxygen atoms in total. The van der Waals surface area contributed by atoms with Gasteiger partial charge in [-0.25, -0.2) is 0 Å². The van der Waals surface area contributed by atoms with Crippen molar-refractivity contribution >= 4 is 52.1 Å². The van der Waals surface area contributed by atoms with Crippen molar-refractivity contribution < 1.29 is 4.92 Å². The van der Waals surface area contributed by atoms with Gasteiger partial charge in [-0.15, -0.1) is 0 Å². The van der Waals surface area contributed by atoms with Crippen molar-refractivity contribution in [2.24, 2.45) is 0 Å². The van der Waals surface area contributed by atoms with Crippen molar-refractivity contribution in [2.75, 3.05) is 5.32 Å². The number of hydrogen-bond acceptors (Lipinski definition) is 3. The number of nitrogens with one attached hydrogen (secondary N) is 1. The molecule has 0 atom stereocenters. The second-order valence-electron chi connectivity index (χ2n) is 3.49. The Bertz CT molecular complexity index is 566. The van der Waals surface area contributed by atoms with E-state index in [1.54, 1.807) is 18.2 Å². The lowest BCUT2D eigenvalue weighted by Crippen LogP contribution is -2.07. The van der Waals surface area contributed by atoms with E-state index < -0.39 is 10.1 Å². The summed E-state index contributed by atoms with van der Waals surface area (Å²) in [4.78, 5) is 9.94. The van der Waals surface area contributed by atoms with E-state index in [9.17, 15) is 10.1 Å². The summed E-state index contributed by atoms with van der Waals surface area (Å²) < 4.78 is -0.322. The minimum absolute atomic E-state index is 0.168. The van der Waals surface area contributed by atoms with Crippen LogP contribution in [-0.2, 0) is 0 Å². The molecule has 1 N–H and O–H groups in total. The van der Waals surface area contributed by atoms with Gasteiger partial charge in [-0.2, -0.15) is 0 Å². The first kappa shape index (κ1) is 16.1. The van der Waals surface area contributed by atoms with Gasteiger partial charge < -0.3 is 5.32 Å². The molecule has 0 saturated heterocycles. The second kappa shape index (κ2) is 7.01. The maximum absolute atomic E-state index is 10.7. The molecule has 0 bridgehead atoms. The number of aryl methyl sites for hydroxylation is 1. The number of rotatable bonds is 4. The quantitative estimate of drug-likeness (QED) is 0.364. The van der Waals surface area contributed by atoms with Crippen molar-refractivity contribution in [1.82, 2.24) is 0 Å². The van der Waals surface area contributed by atoms with Crippen LogP contribution in [-0.4, -0.2) is 4.92 Å². The van der Waals surface area contributed by atoms with Crippen LogP contribution in [0.15, 0.2) is 44.6 Å². The normalized spacial score (nSPS) is 11.6. The molecule has 8 heteroatoms. The summed E-state index contributed by atoms with van der Waals surface area (Å²) in [6.45, 7) is 1.87. The molecule has 0 aliphatic carbocycles. The average molecular weight is 342 g/mol. The van der Waals surface area contributed by atoms with Crippen molar-refractivity contribution in [3.05, 3.63) is 60.3 Å². The Morgan fingerprint density at radius 1 is 1.26 bits per heavy atom. The van der Waals surface area contributed by atoms with Crippen LogP contribution in [0.2, 0.25) is 0 Å². The van der Waals surface area contributed by atoms with Crippen LogP contribution in [0, 0.1) is 17.0 Å². The van der Waals surface area contributed by atoms with Gasteiger partial charge in [0.05, 0.1) is 4.92 Å². The molecule has 0 aliphatic rings. The first-order valence-corrected chi connectivity index (χ1v) is 6.43. The highest BCUT2D eigenvalue weighted by molar-refractivity contribution is 6.60.